The molecule has 3 aliphatic rings. The van der Waals surface area contributed by atoms with E-state index in [9.17, 15) is 4.79 Å². The van der Waals surface area contributed by atoms with E-state index in [2.05, 4.69) is 9.80 Å². The Morgan fingerprint density at radius 2 is 1.55 bits per heavy atom. The summed E-state index contributed by atoms with van der Waals surface area (Å²) in [5.74, 6) is 0.656. The molecule has 0 aromatic rings. The predicted molar refractivity (Wildman–Crippen MR) is 78.6 cm³/mol. The molecule has 1 saturated carbocycles. The van der Waals surface area contributed by atoms with Gasteiger partial charge in [0.05, 0.1) is 19.1 Å². The summed E-state index contributed by atoms with van der Waals surface area (Å²) in [5.41, 5.74) is 0. The van der Waals surface area contributed by atoms with Crippen LogP contribution in [0.25, 0.3) is 0 Å². The van der Waals surface area contributed by atoms with Crippen LogP contribution in [-0.4, -0.2) is 61.1 Å². The lowest BCUT2D eigenvalue weighted by Crippen LogP contribution is -2.52. The number of likely N-dealkylation sites (tertiary alicyclic amines) is 1. The van der Waals surface area contributed by atoms with Crippen molar-refractivity contribution in [3.8, 4) is 0 Å². The van der Waals surface area contributed by atoms with Crippen LogP contribution in [0.1, 0.15) is 44.9 Å². The maximum atomic E-state index is 12.8. The van der Waals surface area contributed by atoms with Gasteiger partial charge in [-0.25, -0.2) is 0 Å². The summed E-state index contributed by atoms with van der Waals surface area (Å²) >= 11 is 0. The van der Waals surface area contributed by atoms with Crippen LogP contribution < -0.4 is 0 Å². The number of piperidine rings is 1. The molecule has 2 atom stereocenters. The Hall–Kier alpha value is -0.610. The molecule has 0 aromatic heterocycles. The molecule has 2 saturated heterocycles. The molecule has 114 valence electrons. The normalized spacial score (nSPS) is 33.1. The number of carbonyl (C=O) groups is 1. The van der Waals surface area contributed by atoms with E-state index in [0.717, 1.165) is 19.5 Å². The molecular weight excluding hydrogens is 252 g/mol. The molecule has 3 rings (SSSR count). The lowest BCUT2D eigenvalue weighted by atomic mass is 9.81. The Balaban J connectivity index is 1.65. The Morgan fingerprint density at radius 3 is 2.30 bits per heavy atom. The Morgan fingerprint density at radius 1 is 0.850 bits per heavy atom. The second-order valence-corrected chi connectivity index (χ2v) is 6.49. The highest BCUT2D eigenvalue weighted by Gasteiger charge is 2.37. The molecule has 0 N–H and O–H groups in total. The van der Waals surface area contributed by atoms with Gasteiger partial charge in [-0.3, -0.25) is 9.69 Å². The standard InChI is InChI=1S/C16H28N2O2/c19-16(18-10-12-20-13-11-18)14-6-2-3-7-15(14)17-8-4-1-5-9-17/h14-15H,1-13H2/t14-,15-/m0/s1. The highest BCUT2D eigenvalue weighted by atomic mass is 16.5. The quantitative estimate of drug-likeness (QED) is 0.774. The third-order valence-electron chi connectivity index (χ3n) is 5.23. The number of ether oxygens (including phenoxy) is 1. The minimum absolute atomic E-state index is 0.250. The summed E-state index contributed by atoms with van der Waals surface area (Å²) in [5, 5.41) is 0. The lowest BCUT2D eigenvalue weighted by Gasteiger charge is -2.43. The van der Waals surface area contributed by atoms with Crippen molar-refractivity contribution in [3.05, 3.63) is 0 Å². The van der Waals surface area contributed by atoms with Gasteiger partial charge in [-0.1, -0.05) is 19.3 Å². The SMILES string of the molecule is O=C([C@H]1CCCC[C@@H]1N1CCCCC1)N1CCOCC1. The Kier molecular flexibility index (Phi) is 4.94. The van der Waals surface area contributed by atoms with Crippen LogP contribution in [0.2, 0.25) is 0 Å². The summed E-state index contributed by atoms with van der Waals surface area (Å²) in [6, 6.07) is 0.513. The first kappa shape index (κ1) is 14.3. The van der Waals surface area contributed by atoms with Crippen LogP contribution in [-0.2, 0) is 9.53 Å². The number of hydrogen-bond donors (Lipinski definition) is 0. The van der Waals surface area contributed by atoms with Crippen molar-refractivity contribution in [3.63, 3.8) is 0 Å². The zero-order chi connectivity index (χ0) is 13.8. The van der Waals surface area contributed by atoms with Crippen LogP contribution in [0, 0.1) is 5.92 Å². The van der Waals surface area contributed by atoms with Crippen molar-refractivity contribution in [1.82, 2.24) is 9.80 Å². The average molecular weight is 280 g/mol. The molecule has 4 heteroatoms. The van der Waals surface area contributed by atoms with Crippen molar-refractivity contribution >= 4 is 5.91 Å². The van der Waals surface area contributed by atoms with E-state index in [1.807, 2.05) is 0 Å². The summed E-state index contributed by atoms with van der Waals surface area (Å²) in [6.45, 7) is 5.43. The van der Waals surface area contributed by atoms with E-state index in [-0.39, 0.29) is 5.92 Å². The van der Waals surface area contributed by atoms with Crippen molar-refractivity contribution in [2.45, 2.75) is 51.0 Å². The maximum Gasteiger partial charge on any atom is 0.227 e. The minimum Gasteiger partial charge on any atom is -0.378 e. The van der Waals surface area contributed by atoms with E-state index in [0.29, 0.717) is 25.2 Å². The summed E-state index contributed by atoms with van der Waals surface area (Å²) in [7, 11) is 0. The average Bonchev–Trinajstić information content (AvgIpc) is 2.56. The molecule has 20 heavy (non-hydrogen) atoms. The zero-order valence-corrected chi connectivity index (χ0v) is 12.6. The third kappa shape index (κ3) is 3.17. The summed E-state index contributed by atoms with van der Waals surface area (Å²) in [6.07, 6.45) is 8.84. The number of hydrogen-bond acceptors (Lipinski definition) is 3. The maximum absolute atomic E-state index is 12.8. The van der Waals surface area contributed by atoms with Crippen LogP contribution in [0.3, 0.4) is 0 Å². The van der Waals surface area contributed by atoms with Gasteiger partial charge < -0.3 is 9.64 Å². The second-order valence-electron chi connectivity index (χ2n) is 6.49. The van der Waals surface area contributed by atoms with Crippen molar-refractivity contribution < 1.29 is 9.53 Å². The molecule has 0 unspecified atom stereocenters. The van der Waals surface area contributed by atoms with Gasteiger partial charge in [0.15, 0.2) is 0 Å². The number of amides is 1. The van der Waals surface area contributed by atoms with Gasteiger partial charge >= 0.3 is 0 Å². The van der Waals surface area contributed by atoms with Crippen molar-refractivity contribution in [2.24, 2.45) is 5.92 Å². The molecule has 3 fully saturated rings. The summed E-state index contributed by atoms with van der Waals surface area (Å²) in [4.78, 5) is 17.5. The molecule has 2 heterocycles. The zero-order valence-electron chi connectivity index (χ0n) is 12.6. The van der Waals surface area contributed by atoms with E-state index >= 15 is 0 Å². The molecule has 0 aromatic carbocycles. The fourth-order valence-corrected chi connectivity index (χ4v) is 4.10. The van der Waals surface area contributed by atoms with Gasteiger partial charge in [0.25, 0.3) is 0 Å². The Labute approximate surface area is 122 Å². The third-order valence-corrected chi connectivity index (χ3v) is 5.23. The fraction of sp³-hybridized carbons (Fsp3) is 0.938. The van der Waals surface area contributed by atoms with Gasteiger partial charge in [0, 0.05) is 19.1 Å². The molecule has 1 aliphatic carbocycles. The fourth-order valence-electron chi connectivity index (χ4n) is 4.10. The molecule has 2 aliphatic heterocycles. The van der Waals surface area contributed by atoms with Gasteiger partial charge in [0.2, 0.25) is 5.91 Å². The predicted octanol–water partition coefficient (Wildman–Crippen LogP) is 1.89. The number of morpholine rings is 1. The first-order valence-corrected chi connectivity index (χ1v) is 8.47. The van der Waals surface area contributed by atoms with Crippen molar-refractivity contribution in [2.75, 3.05) is 39.4 Å². The Bertz CT molecular complexity index is 322. The molecule has 1 amide bonds. The monoisotopic (exact) mass is 280 g/mol. The van der Waals surface area contributed by atoms with Crippen molar-refractivity contribution in [1.29, 1.82) is 0 Å². The first-order valence-electron chi connectivity index (χ1n) is 8.47. The summed E-state index contributed by atoms with van der Waals surface area (Å²) < 4.78 is 5.38. The lowest BCUT2D eigenvalue weighted by molar-refractivity contribution is -0.143. The highest BCUT2D eigenvalue weighted by molar-refractivity contribution is 5.79. The van der Waals surface area contributed by atoms with E-state index in [1.54, 1.807) is 0 Å². The number of nitrogens with zero attached hydrogens (tertiary/aromatic N) is 2. The van der Waals surface area contributed by atoms with E-state index in [4.69, 9.17) is 4.74 Å². The largest absolute Gasteiger partial charge is 0.378 e. The van der Waals surface area contributed by atoms with Crippen LogP contribution in [0.15, 0.2) is 0 Å². The first-order chi connectivity index (χ1) is 9.86. The second kappa shape index (κ2) is 6.90. The topological polar surface area (TPSA) is 32.8 Å². The molecular formula is C16H28N2O2. The molecule has 0 radical (unpaired) electrons. The van der Waals surface area contributed by atoms with E-state index in [1.165, 1.54) is 51.6 Å². The molecule has 4 nitrogen and oxygen atoms in total. The van der Waals surface area contributed by atoms with E-state index < -0.39 is 0 Å². The van der Waals surface area contributed by atoms with Gasteiger partial charge in [-0.2, -0.15) is 0 Å². The van der Waals surface area contributed by atoms with Crippen LogP contribution >= 0.6 is 0 Å². The number of carbonyl (C=O) groups excluding carboxylic acids is 1. The minimum atomic E-state index is 0.250. The molecule has 0 bridgehead atoms. The molecule has 0 spiro atoms. The van der Waals surface area contributed by atoms with Crippen LogP contribution in [0.5, 0.6) is 0 Å². The number of rotatable bonds is 2. The smallest absolute Gasteiger partial charge is 0.227 e. The van der Waals surface area contributed by atoms with Gasteiger partial charge in [0.1, 0.15) is 0 Å². The highest BCUT2D eigenvalue weighted by Crippen LogP contribution is 2.31. The van der Waals surface area contributed by atoms with Gasteiger partial charge in [-0.15, -0.1) is 0 Å². The van der Waals surface area contributed by atoms with Crippen LogP contribution in [0.4, 0.5) is 0 Å². The van der Waals surface area contributed by atoms with Gasteiger partial charge in [-0.05, 0) is 38.8 Å².